The van der Waals surface area contributed by atoms with Gasteiger partial charge in [0.15, 0.2) is 0 Å². The van der Waals surface area contributed by atoms with Crippen LogP contribution in [0.1, 0.15) is 22.7 Å². The van der Waals surface area contributed by atoms with Crippen molar-refractivity contribution >= 4 is 27.5 Å². The Balaban J connectivity index is 2.27. The summed E-state index contributed by atoms with van der Waals surface area (Å²) in [6, 6.07) is 11.7. The lowest BCUT2D eigenvalue weighted by molar-refractivity contribution is 0.408. The third-order valence-corrected chi connectivity index (χ3v) is 4.16. The predicted octanol–water partition coefficient (Wildman–Crippen LogP) is 4.66. The molecule has 0 spiro atoms. The second kappa shape index (κ2) is 6.61. The quantitative estimate of drug-likeness (QED) is 0.866. The van der Waals surface area contributed by atoms with Gasteiger partial charge in [-0.15, -0.1) is 0 Å². The molecule has 0 radical (unpaired) electrons. The first-order valence-electron chi connectivity index (χ1n) is 6.35. The second-order valence-corrected chi connectivity index (χ2v) is 6.08. The van der Waals surface area contributed by atoms with Crippen LogP contribution in [-0.2, 0) is 6.42 Å². The van der Waals surface area contributed by atoms with Crippen molar-refractivity contribution in [1.29, 1.82) is 0 Å². The van der Waals surface area contributed by atoms with E-state index < -0.39 is 0 Å². The molecule has 0 bridgehead atoms. The maximum Gasteiger partial charge on any atom is 0.122 e. The molecule has 0 amide bonds. The molecule has 2 aromatic carbocycles. The van der Waals surface area contributed by atoms with Crippen molar-refractivity contribution in [3.8, 4) is 5.75 Å². The third-order valence-electron chi connectivity index (χ3n) is 3.24. The van der Waals surface area contributed by atoms with E-state index in [-0.39, 0.29) is 6.04 Å². The van der Waals surface area contributed by atoms with Crippen molar-refractivity contribution in [2.24, 2.45) is 5.73 Å². The Hall–Kier alpha value is -1.03. The van der Waals surface area contributed by atoms with Crippen molar-refractivity contribution in [1.82, 2.24) is 0 Å². The predicted molar refractivity (Wildman–Crippen MR) is 87.5 cm³/mol. The number of methoxy groups -OCH3 is 1. The summed E-state index contributed by atoms with van der Waals surface area (Å²) in [5.74, 6) is 0.813. The number of hydrogen-bond donors (Lipinski definition) is 1. The monoisotopic (exact) mass is 353 g/mol. The number of benzene rings is 2. The van der Waals surface area contributed by atoms with E-state index in [4.69, 9.17) is 22.1 Å². The highest BCUT2D eigenvalue weighted by Crippen LogP contribution is 2.30. The normalized spacial score (nSPS) is 12.2. The third kappa shape index (κ3) is 3.54. The lowest BCUT2D eigenvalue weighted by Crippen LogP contribution is -2.14. The Morgan fingerprint density at radius 1 is 1.25 bits per heavy atom. The highest BCUT2D eigenvalue weighted by molar-refractivity contribution is 9.10. The van der Waals surface area contributed by atoms with Crippen LogP contribution >= 0.6 is 27.5 Å². The fraction of sp³-hybridized carbons (Fsp3) is 0.250. The number of aryl methyl sites for hydroxylation is 1. The van der Waals surface area contributed by atoms with E-state index >= 15 is 0 Å². The number of ether oxygens (including phenoxy) is 1. The first kappa shape index (κ1) is 15.4. The maximum absolute atomic E-state index is 6.32. The fourth-order valence-electron chi connectivity index (χ4n) is 2.19. The van der Waals surface area contributed by atoms with E-state index in [1.54, 1.807) is 7.11 Å². The summed E-state index contributed by atoms with van der Waals surface area (Å²) in [5.41, 5.74) is 9.62. The molecule has 4 heteroatoms. The minimum atomic E-state index is -0.114. The summed E-state index contributed by atoms with van der Waals surface area (Å²) >= 11 is 9.62. The molecule has 0 aliphatic heterocycles. The molecule has 106 valence electrons. The van der Waals surface area contributed by atoms with Gasteiger partial charge in [-0.25, -0.2) is 0 Å². The Morgan fingerprint density at radius 3 is 2.65 bits per heavy atom. The molecular weight excluding hydrogens is 338 g/mol. The molecule has 0 saturated carbocycles. The second-order valence-electron chi connectivity index (χ2n) is 4.79. The van der Waals surface area contributed by atoms with Gasteiger partial charge in [-0.05, 0) is 54.3 Å². The molecule has 0 heterocycles. The highest BCUT2D eigenvalue weighted by Gasteiger charge is 2.14. The maximum atomic E-state index is 6.32. The van der Waals surface area contributed by atoms with Gasteiger partial charge in [-0.1, -0.05) is 39.7 Å². The van der Waals surface area contributed by atoms with E-state index in [2.05, 4.69) is 41.1 Å². The molecule has 20 heavy (non-hydrogen) atoms. The molecule has 1 unspecified atom stereocenters. The van der Waals surface area contributed by atoms with Gasteiger partial charge in [-0.3, -0.25) is 0 Å². The van der Waals surface area contributed by atoms with Crippen molar-refractivity contribution < 1.29 is 4.74 Å². The molecule has 0 aromatic heterocycles. The fourth-order valence-corrected chi connectivity index (χ4v) is 3.17. The van der Waals surface area contributed by atoms with Gasteiger partial charge in [-0.2, -0.15) is 0 Å². The van der Waals surface area contributed by atoms with Crippen LogP contribution in [-0.4, -0.2) is 7.11 Å². The van der Waals surface area contributed by atoms with Gasteiger partial charge < -0.3 is 10.5 Å². The van der Waals surface area contributed by atoms with E-state index in [9.17, 15) is 0 Å². The van der Waals surface area contributed by atoms with Crippen LogP contribution in [0.15, 0.2) is 40.9 Å². The summed E-state index contributed by atoms with van der Waals surface area (Å²) < 4.78 is 6.39. The minimum Gasteiger partial charge on any atom is -0.496 e. The van der Waals surface area contributed by atoms with Crippen LogP contribution in [0.4, 0.5) is 0 Å². The van der Waals surface area contributed by atoms with E-state index in [0.717, 1.165) is 21.3 Å². The average molecular weight is 355 g/mol. The smallest absolute Gasteiger partial charge is 0.122 e. The average Bonchev–Trinajstić information content (AvgIpc) is 2.38. The Kier molecular flexibility index (Phi) is 5.08. The lowest BCUT2D eigenvalue weighted by atomic mass is 9.98. The summed E-state index contributed by atoms with van der Waals surface area (Å²) in [4.78, 5) is 0. The van der Waals surface area contributed by atoms with E-state index in [1.807, 2.05) is 18.2 Å². The van der Waals surface area contributed by atoms with Crippen molar-refractivity contribution in [2.45, 2.75) is 19.4 Å². The Morgan fingerprint density at radius 2 is 2.00 bits per heavy atom. The number of rotatable bonds is 4. The van der Waals surface area contributed by atoms with Gasteiger partial charge in [0.25, 0.3) is 0 Å². The summed E-state index contributed by atoms with van der Waals surface area (Å²) in [6.07, 6.45) is 0.672. The van der Waals surface area contributed by atoms with Gasteiger partial charge in [0.2, 0.25) is 0 Å². The van der Waals surface area contributed by atoms with Gasteiger partial charge in [0.1, 0.15) is 5.75 Å². The molecule has 0 aliphatic rings. The number of nitrogens with two attached hydrogens (primary N) is 1. The molecule has 2 N–H and O–H groups in total. The largest absolute Gasteiger partial charge is 0.496 e. The molecular formula is C16H17BrClNO. The SMILES string of the molecule is COc1ccc(Cl)cc1CC(N)c1ccc(C)cc1Br. The van der Waals surface area contributed by atoms with Crippen LogP contribution in [0.25, 0.3) is 0 Å². The van der Waals surface area contributed by atoms with Crippen LogP contribution < -0.4 is 10.5 Å². The zero-order valence-electron chi connectivity index (χ0n) is 11.5. The number of halogens is 2. The minimum absolute atomic E-state index is 0.114. The van der Waals surface area contributed by atoms with Crippen LogP contribution in [0.5, 0.6) is 5.75 Å². The molecule has 0 aliphatic carbocycles. The van der Waals surface area contributed by atoms with E-state index in [0.29, 0.717) is 11.4 Å². The topological polar surface area (TPSA) is 35.2 Å². The van der Waals surface area contributed by atoms with Crippen molar-refractivity contribution in [3.63, 3.8) is 0 Å². The lowest BCUT2D eigenvalue weighted by Gasteiger charge is -2.16. The standard InChI is InChI=1S/C16H17BrClNO/c1-10-3-5-13(14(17)7-10)15(19)9-11-8-12(18)4-6-16(11)20-2/h3-8,15H,9,19H2,1-2H3. The molecule has 1 atom stereocenters. The van der Waals surface area contributed by atoms with Gasteiger partial charge in [0, 0.05) is 15.5 Å². The zero-order valence-corrected chi connectivity index (χ0v) is 13.8. The highest BCUT2D eigenvalue weighted by atomic mass is 79.9. The van der Waals surface area contributed by atoms with Crippen molar-refractivity contribution in [3.05, 3.63) is 62.6 Å². The van der Waals surface area contributed by atoms with Gasteiger partial charge >= 0.3 is 0 Å². The zero-order chi connectivity index (χ0) is 14.7. The van der Waals surface area contributed by atoms with Gasteiger partial charge in [0.05, 0.1) is 7.11 Å². The Bertz CT molecular complexity index is 615. The summed E-state index contributed by atoms with van der Waals surface area (Å²) in [5, 5.41) is 0.691. The first-order valence-corrected chi connectivity index (χ1v) is 7.52. The molecule has 0 fully saturated rings. The molecule has 2 nitrogen and oxygen atoms in total. The first-order chi connectivity index (χ1) is 9.51. The summed E-state index contributed by atoms with van der Waals surface area (Å²) in [7, 11) is 1.65. The van der Waals surface area contributed by atoms with Crippen LogP contribution in [0.2, 0.25) is 5.02 Å². The summed E-state index contributed by atoms with van der Waals surface area (Å²) in [6.45, 7) is 2.06. The van der Waals surface area contributed by atoms with Crippen molar-refractivity contribution in [2.75, 3.05) is 7.11 Å². The molecule has 0 saturated heterocycles. The van der Waals surface area contributed by atoms with Crippen LogP contribution in [0, 0.1) is 6.92 Å². The van der Waals surface area contributed by atoms with Crippen LogP contribution in [0.3, 0.4) is 0 Å². The molecule has 2 rings (SSSR count). The number of hydrogen-bond acceptors (Lipinski definition) is 2. The van der Waals surface area contributed by atoms with E-state index in [1.165, 1.54) is 5.56 Å². The Labute approximate surface area is 133 Å². The molecule has 2 aromatic rings.